The summed E-state index contributed by atoms with van der Waals surface area (Å²) >= 11 is 0. The molecule has 0 bridgehead atoms. The van der Waals surface area contributed by atoms with Gasteiger partial charge in [0.2, 0.25) is 0 Å². The molecule has 2 aliphatic heterocycles. The van der Waals surface area contributed by atoms with Crippen LogP contribution in [0.25, 0.3) is 0 Å². The molecule has 204 valence electrons. The molecule has 39 heavy (non-hydrogen) atoms. The number of non-ortho nitro benzene ring substituents is 1. The molecular formula is C30H34N2O6Si. The van der Waals surface area contributed by atoms with Crippen molar-refractivity contribution in [2.75, 3.05) is 18.6 Å². The van der Waals surface area contributed by atoms with Crippen LogP contribution < -0.4 is 14.8 Å². The molecule has 3 aromatic rings. The zero-order chi connectivity index (χ0) is 27.9. The fraction of sp³-hybridized carbons (Fsp3) is 0.367. The van der Waals surface area contributed by atoms with Crippen molar-refractivity contribution in [3.8, 4) is 5.75 Å². The van der Waals surface area contributed by atoms with Crippen molar-refractivity contribution in [3.05, 3.63) is 94.0 Å². The number of benzene rings is 3. The second-order valence-corrected chi connectivity index (χ2v) is 15.7. The summed E-state index contributed by atoms with van der Waals surface area (Å²) in [6.07, 6.45) is -0.0129. The number of fused-ring (bicyclic) bond motifs is 2. The van der Waals surface area contributed by atoms with Crippen LogP contribution in [0.2, 0.25) is 18.6 Å². The fourth-order valence-electron chi connectivity index (χ4n) is 6.74. The summed E-state index contributed by atoms with van der Waals surface area (Å²) in [4.78, 5) is 27.6. The van der Waals surface area contributed by atoms with Crippen LogP contribution in [0.1, 0.15) is 24.5 Å². The second-order valence-electron chi connectivity index (χ2n) is 11.0. The van der Waals surface area contributed by atoms with Crippen molar-refractivity contribution < 1.29 is 24.3 Å². The van der Waals surface area contributed by atoms with E-state index in [9.17, 15) is 20.0 Å². The summed E-state index contributed by atoms with van der Waals surface area (Å²) in [7, 11) is -0.684. The Hall–Kier alpha value is -3.53. The maximum atomic E-state index is 14.5. The van der Waals surface area contributed by atoms with E-state index in [0.717, 1.165) is 11.3 Å². The van der Waals surface area contributed by atoms with Gasteiger partial charge in [0.05, 0.1) is 38.4 Å². The van der Waals surface area contributed by atoms with Gasteiger partial charge in [0, 0.05) is 30.2 Å². The SMILES string of the molecule is COc1ccc([Si](C)(C)[C@@H]2[C@@H](CCO)O[C@]3(C(=O)N(Cc4ccccc4)c4ccc([N+](=O)[O-])cc43)[C@H]2C)cc1. The van der Waals surface area contributed by atoms with E-state index in [2.05, 4.69) is 25.2 Å². The minimum atomic E-state index is -2.32. The Morgan fingerprint density at radius 1 is 1.10 bits per heavy atom. The molecular weight excluding hydrogens is 512 g/mol. The van der Waals surface area contributed by atoms with Crippen LogP contribution in [-0.2, 0) is 21.7 Å². The zero-order valence-corrected chi connectivity index (χ0v) is 23.7. The molecule has 9 heteroatoms. The lowest BCUT2D eigenvalue weighted by Crippen LogP contribution is -2.51. The van der Waals surface area contributed by atoms with Gasteiger partial charge in [-0.05, 0) is 35.7 Å². The monoisotopic (exact) mass is 546 g/mol. The van der Waals surface area contributed by atoms with Gasteiger partial charge in [0.15, 0.2) is 5.60 Å². The van der Waals surface area contributed by atoms with Gasteiger partial charge in [-0.2, -0.15) is 0 Å². The molecule has 8 nitrogen and oxygen atoms in total. The number of carbonyl (C=O) groups is 1. The molecule has 1 fully saturated rings. The summed E-state index contributed by atoms with van der Waals surface area (Å²) in [5.41, 5.74) is 0.632. The normalized spacial score (nSPS) is 24.3. The van der Waals surface area contributed by atoms with E-state index in [-0.39, 0.29) is 35.8 Å². The number of aliphatic hydroxyl groups is 1. The molecule has 0 aromatic heterocycles. The lowest BCUT2D eigenvalue weighted by molar-refractivity contribution is -0.385. The molecule has 1 amide bonds. The van der Waals surface area contributed by atoms with Crippen molar-refractivity contribution in [1.82, 2.24) is 0 Å². The molecule has 0 aliphatic carbocycles. The first-order valence-corrected chi connectivity index (χ1v) is 16.3. The van der Waals surface area contributed by atoms with Crippen molar-refractivity contribution >= 4 is 30.5 Å². The number of aliphatic hydroxyl groups excluding tert-OH is 1. The smallest absolute Gasteiger partial charge is 0.269 e. The number of rotatable bonds is 8. The van der Waals surface area contributed by atoms with Gasteiger partial charge in [0.25, 0.3) is 11.6 Å². The summed E-state index contributed by atoms with van der Waals surface area (Å²) in [6.45, 7) is 6.81. The van der Waals surface area contributed by atoms with Crippen LogP contribution >= 0.6 is 0 Å². The van der Waals surface area contributed by atoms with Crippen LogP contribution in [0.15, 0.2) is 72.8 Å². The van der Waals surface area contributed by atoms with Gasteiger partial charge in [-0.25, -0.2) is 0 Å². The highest BCUT2D eigenvalue weighted by molar-refractivity contribution is 6.91. The van der Waals surface area contributed by atoms with Crippen LogP contribution in [0, 0.1) is 16.0 Å². The number of hydrogen-bond donors (Lipinski definition) is 1. The van der Waals surface area contributed by atoms with E-state index < -0.39 is 18.6 Å². The molecule has 1 N–H and O–H groups in total. The quantitative estimate of drug-likeness (QED) is 0.249. The first kappa shape index (κ1) is 27.0. The van der Waals surface area contributed by atoms with E-state index in [1.807, 2.05) is 49.4 Å². The lowest BCUT2D eigenvalue weighted by Gasteiger charge is -2.37. The Morgan fingerprint density at radius 3 is 2.41 bits per heavy atom. The third kappa shape index (κ3) is 4.34. The van der Waals surface area contributed by atoms with Crippen LogP contribution in [0.5, 0.6) is 5.75 Å². The first-order valence-electron chi connectivity index (χ1n) is 13.2. The molecule has 3 aromatic carbocycles. The predicted octanol–water partition coefficient (Wildman–Crippen LogP) is 4.75. The second kappa shape index (κ2) is 10.2. The average molecular weight is 547 g/mol. The average Bonchev–Trinajstić information content (AvgIpc) is 3.36. The Morgan fingerprint density at radius 2 is 1.79 bits per heavy atom. The topological polar surface area (TPSA) is 102 Å². The van der Waals surface area contributed by atoms with Crippen LogP contribution in [0.4, 0.5) is 11.4 Å². The van der Waals surface area contributed by atoms with Crippen LogP contribution in [0.3, 0.4) is 0 Å². The molecule has 5 rings (SSSR count). The summed E-state index contributed by atoms with van der Waals surface area (Å²) in [5.74, 6) is 0.276. The maximum absolute atomic E-state index is 14.5. The number of carbonyl (C=O) groups excluding carboxylic acids is 1. The van der Waals surface area contributed by atoms with Crippen molar-refractivity contribution in [1.29, 1.82) is 0 Å². The zero-order valence-electron chi connectivity index (χ0n) is 22.7. The highest BCUT2D eigenvalue weighted by atomic mass is 28.3. The predicted molar refractivity (Wildman–Crippen MR) is 152 cm³/mol. The Labute approximate surface area is 229 Å². The third-order valence-electron chi connectivity index (χ3n) is 8.63. The number of hydrogen-bond acceptors (Lipinski definition) is 6. The lowest BCUT2D eigenvalue weighted by atomic mass is 9.82. The standard InChI is InChI=1S/C30H34N2O6Si/c1-20-28(39(3,4)24-13-11-23(37-2)12-14-24)27(16-17-33)38-30(20)25-18-22(32(35)36)10-15-26(25)31(29(30)34)19-21-8-6-5-7-9-21/h5-15,18,20,27-28,33H,16-17,19H2,1-4H3/t20-,27+,28-,30+/m0/s1. The minimum Gasteiger partial charge on any atom is -0.497 e. The summed E-state index contributed by atoms with van der Waals surface area (Å²) < 4.78 is 12.2. The molecule has 4 atom stereocenters. The fourth-order valence-corrected chi connectivity index (χ4v) is 10.8. The van der Waals surface area contributed by atoms with Gasteiger partial charge in [-0.1, -0.05) is 67.7 Å². The Balaban J connectivity index is 1.64. The highest BCUT2D eigenvalue weighted by Crippen LogP contribution is 2.60. The molecule has 2 heterocycles. The van der Waals surface area contributed by atoms with E-state index in [1.165, 1.54) is 17.3 Å². The maximum Gasteiger partial charge on any atom is 0.269 e. The summed E-state index contributed by atoms with van der Waals surface area (Å²) in [6, 6.07) is 22.4. The third-order valence-corrected chi connectivity index (χ3v) is 13.0. The molecule has 2 aliphatic rings. The van der Waals surface area contributed by atoms with Crippen molar-refractivity contribution in [3.63, 3.8) is 0 Å². The number of ether oxygens (including phenoxy) is 2. The van der Waals surface area contributed by atoms with E-state index in [4.69, 9.17) is 9.47 Å². The number of methoxy groups -OCH3 is 1. The highest BCUT2D eigenvalue weighted by Gasteiger charge is 2.66. The first-order chi connectivity index (χ1) is 18.6. The van der Waals surface area contributed by atoms with Crippen molar-refractivity contribution in [2.24, 2.45) is 5.92 Å². The number of amides is 1. The number of nitro groups is 1. The van der Waals surface area contributed by atoms with E-state index in [1.54, 1.807) is 18.1 Å². The molecule has 0 unspecified atom stereocenters. The largest absolute Gasteiger partial charge is 0.497 e. The van der Waals surface area contributed by atoms with Crippen molar-refractivity contribution in [2.45, 2.75) is 50.2 Å². The molecule has 0 radical (unpaired) electrons. The van der Waals surface area contributed by atoms with E-state index in [0.29, 0.717) is 24.2 Å². The number of nitrogens with zero attached hydrogens (tertiary/aromatic N) is 2. The van der Waals surface area contributed by atoms with E-state index >= 15 is 0 Å². The molecule has 0 saturated carbocycles. The van der Waals surface area contributed by atoms with Gasteiger partial charge >= 0.3 is 0 Å². The molecule has 1 saturated heterocycles. The minimum absolute atomic E-state index is 0.0363. The Kier molecular flexibility index (Phi) is 7.09. The molecule has 1 spiro atoms. The summed E-state index contributed by atoms with van der Waals surface area (Å²) in [5, 5.41) is 23.0. The van der Waals surface area contributed by atoms with Gasteiger partial charge in [0.1, 0.15) is 5.75 Å². The number of nitro benzene ring substituents is 1. The van der Waals surface area contributed by atoms with Crippen LogP contribution in [-0.4, -0.2) is 43.8 Å². The van der Waals surface area contributed by atoms with Gasteiger partial charge in [-0.3, -0.25) is 14.9 Å². The van der Waals surface area contributed by atoms with Gasteiger partial charge in [-0.15, -0.1) is 0 Å². The number of anilines is 1. The Bertz CT molecular complexity index is 1380. The van der Waals surface area contributed by atoms with Gasteiger partial charge < -0.3 is 19.5 Å².